The van der Waals surface area contributed by atoms with Crippen molar-refractivity contribution in [2.75, 3.05) is 111 Å². The van der Waals surface area contributed by atoms with Crippen molar-refractivity contribution in [1.82, 2.24) is 65.4 Å². The zero-order valence-corrected chi connectivity index (χ0v) is 49.4. The number of nitrogens with zero attached hydrogens (tertiary/aromatic N) is 6. The molecule has 5 rings (SSSR count). The van der Waals surface area contributed by atoms with Gasteiger partial charge in [-0.05, 0) is 87.7 Å². The van der Waals surface area contributed by atoms with Gasteiger partial charge in [0, 0.05) is 123 Å². The van der Waals surface area contributed by atoms with Gasteiger partial charge in [-0.25, -0.2) is 13.4 Å². The number of anilines is 1. The van der Waals surface area contributed by atoms with Crippen molar-refractivity contribution in [1.29, 1.82) is 0 Å². The number of fused-ring (bicyclic) bond motifs is 1. The van der Waals surface area contributed by atoms with Crippen LogP contribution in [-0.2, 0) is 47.6 Å². The summed E-state index contributed by atoms with van der Waals surface area (Å²) in [5.74, 6) is -3.23. The second kappa shape index (κ2) is 32.7. The number of sulfonamides is 1. The van der Waals surface area contributed by atoms with Crippen LogP contribution in [0.5, 0.6) is 5.75 Å². The quantitative estimate of drug-likeness (QED) is 0.0230. The Morgan fingerprint density at radius 1 is 0.783 bits per heavy atom. The molecule has 1 unspecified atom stereocenters. The first kappa shape index (κ1) is 66.7. The molecule has 0 saturated carbocycles. The number of aliphatic hydroxyl groups excluding tert-OH is 1. The number of aromatic amines is 1. The molecule has 5 amide bonds. The van der Waals surface area contributed by atoms with E-state index in [1.165, 1.54) is 32.2 Å². The summed E-state index contributed by atoms with van der Waals surface area (Å²) >= 11 is 0. The van der Waals surface area contributed by atoms with Crippen molar-refractivity contribution in [3.63, 3.8) is 0 Å². The van der Waals surface area contributed by atoms with Gasteiger partial charge < -0.3 is 71.3 Å². The standard InChI is InChI=1S/C55H84N14O13S/c1-8-42(63-53(77)43(9-2)62-47(71)34-68-24-23-67(10-3)21-19-65(6)20-22-69(26-25-68)35-48(72)73)52(76)57-16-15-56-46(70)12-11-27-82-39-28-36(4)50(37(5)29-39)83(80,81)64-44(54(78)79)32-60-51(75)41-33-66(7)45-30-38(13-14-40(45)49(41)74)31-61-55-58-17-18-59-55/h13-14,17-18,28-30,33,42-44,48,64,72-73H,8-12,15-16,19-27,31-32,34-35H2,1-7H3,(H,56,70)(H,57,76)(H,60,75)(H,62,71)(H,63,77)(H,78,79)(H2,58,59,61)/t42-,43-,44?/m0/s1. The zero-order chi connectivity index (χ0) is 60.8. The Kier molecular flexibility index (Phi) is 26.3. The fourth-order valence-corrected chi connectivity index (χ4v) is 11.1. The Hall–Kier alpha value is -7.05. The van der Waals surface area contributed by atoms with Gasteiger partial charge >= 0.3 is 5.97 Å². The first-order valence-corrected chi connectivity index (χ1v) is 29.5. The van der Waals surface area contributed by atoms with Gasteiger partial charge in [-0.2, -0.15) is 4.72 Å². The normalized spacial score (nSPS) is 15.5. The van der Waals surface area contributed by atoms with Crippen molar-refractivity contribution >= 4 is 62.4 Å². The largest absolute Gasteiger partial charge is 0.494 e. The molecule has 28 heteroatoms. The van der Waals surface area contributed by atoms with Crippen molar-refractivity contribution in [3.05, 3.63) is 81.4 Å². The number of amides is 5. The van der Waals surface area contributed by atoms with Crippen LogP contribution in [0.15, 0.2) is 58.6 Å². The second-order valence-electron chi connectivity index (χ2n) is 20.6. The SMILES string of the molecule is CC[C@H](NC(=O)CN1CCN(CC)CCN(C)CCN(CC(O)O)CC1)C(=O)N[C@@H](CC)C(=O)NCCNC(=O)CCCOc1cc(C)c(S(=O)(=O)NC(CNC(=O)c2cn(C)c3cc(CNc4ncc[nH]4)ccc3c2=O)C(=O)O)c(C)c1. The Labute approximate surface area is 484 Å². The summed E-state index contributed by atoms with van der Waals surface area (Å²) in [5, 5.41) is 46.2. The van der Waals surface area contributed by atoms with Crippen LogP contribution in [0.4, 0.5) is 5.95 Å². The molecule has 1 aliphatic rings. The predicted octanol–water partition coefficient (Wildman–Crippen LogP) is -0.985. The van der Waals surface area contributed by atoms with Crippen LogP contribution in [-0.4, -0.2) is 223 Å². The van der Waals surface area contributed by atoms with Gasteiger partial charge in [-0.3, -0.25) is 43.4 Å². The molecular formula is C55H84N14O13S. The van der Waals surface area contributed by atoms with Crippen LogP contribution < -0.4 is 46.8 Å². The third-order valence-corrected chi connectivity index (χ3v) is 16.0. The predicted molar refractivity (Wildman–Crippen MR) is 311 cm³/mol. The first-order valence-electron chi connectivity index (χ1n) is 28.0. The average molecular weight is 1180 g/mol. The number of β-amino-alcohol motifs (C(OH)–C–C–N with tert-alkyl or cyclic N) is 2. The zero-order valence-electron chi connectivity index (χ0n) is 48.6. The van der Waals surface area contributed by atoms with E-state index in [1.54, 1.807) is 56.1 Å². The third-order valence-electron chi connectivity index (χ3n) is 14.2. The Bertz CT molecular complexity index is 2970. The molecule has 3 heterocycles. The molecule has 2 aromatic heterocycles. The molecule has 1 aliphatic heterocycles. The molecule has 27 nitrogen and oxygen atoms in total. The number of carboxylic acids is 1. The van der Waals surface area contributed by atoms with E-state index in [9.17, 15) is 57.3 Å². The van der Waals surface area contributed by atoms with E-state index in [0.29, 0.717) is 49.9 Å². The number of hydrogen-bond acceptors (Lipinski definition) is 18. The number of aliphatic carboxylic acids is 1. The lowest BCUT2D eigenvalue weighted by atomic mass is 10.1. The summed E-state index contributed by atoms with van der Waals surface area (Å²) in [6.45, 7) is 14.9. The van der Waals surface area contributed by atoms with E-state index in [4.69, 9.17) is 4.74 Å². The summed E-state index contributed by atoms with van der Waals surface area (Å²) < 4.78 is 36.9. The van der Waals surface area contributed by atoms with Crippen molar-refractivity contribution in [3.8, 4) is 5.75 Å². The summed E-state index contributed by atoms with van der Waals surface area (Å²) in [6, 6.07) is 4.42. The number of rotatable bonds is 29. The van der Waals surface area contributed by atoms with E-state index in [-0.39, 0.29) is 97.3 Å². The van der Waals surface area contributed by atoms with E-state index in [1.807, 2.05) is 16.8 Å². The summed E-state index contributed by atoms with van der Waals surface area (Å²) in [6.07, 6.45) is 4.00. The maximum atomic E-state index is 13.7. The Morgan fingerprint density at radius 2 is 1.42 bits per heavy atom. The molecule has 11 N–H and O–H groups in total. The van der Waals surface area contributed by atoms with Gasteiger partial charge in [0.05, 0.1) is 23.6 Å². The summed E-state index contributed by atoms with van der Waals surface area (Å²) in [5.41, 5.74) is 1.00. The lowest BCUT2D eigenvalue weighted by Gasteiger charge is -2.33. The highest BCUT2D eigenvalue weighted by molar-refractivity contribution is 7.89. The molecule has 83 heavy (non-hydrogen) atoms. The van der Waals surface area contributed by atoms with Crippen LogP contribution in [0.25, 0.3) is 10.9 Å². The van der Waals surface area contributed by atoms with Crippen LogP contribution in [0.3, 0.4) is 0 Å². The molecule has 0 bridgehead atoms. The molecule has 2 aromatic carbocycles. The van der Waals surface area contributed by atoms with E-state index < -0.39 is 70.1 Å². The molecule has 1 fully saturated rings. The number of aryl methyl sites for hydroxylation is 3. The van der Waals surface area contributed by atoms with Gasteiger partial charge in [0.2, 0.25) is 39.1 Å². The molecule has 458 valence electrons. The highest BCUT2D eigenvalue weighted by Crippen LogP contribution is 2.26. The van der Waals surface area contributed by atoms with Crippen LogP contribution in [0.1, 0.15) is 73.5 Å². The number of aliphatic hydroxyl groups is 2. The van der Waals surface area contributed by atoms with Gasteiger partial charge in [0.25, 0.3) is 5.91 Å². The monoisotopic (exact) mass is 1180 g/mol. The number of imidazole rings is 1. The molecule has 3 atom stereocenters. The molecule has 0 aliphatic carbocycles. The molecule has 0 spiro atoms. The fraction of sp³-hybridized carbons (Fsp3) is 0.564. The number of benzene rings is 2. The lowest BCUT2D eigenvalue weighted by Crippen LogP contribution is -2.55. The number of carbonyl (C=O) groups excluding carboxylic acids is 5. The number of hydrogen-bond donors (Lipinski definition) is 11. The number of pyridine rings is 1. The minimum absolute atomic E-state index is 0.0251. The van der Waals surface area contributed by atoms with Crippen molar-refractivity contribution < 1.29 is 57.2 Å². The molecule has 0 radical (unpaired) electrons. The number of carbonyl (C=O) groups is 6. The van der Waals surface area contributed by atoms with Crippen molar-refractivity contribution in [2.45, 2.75) is 96.2 Å². The van der Waals surface area contributed by atoms with Crippen LogP contribution in [0.2, 0.25) is 0 Å². The first-order chi connectivity index (χ1) is 39.5. The van der Waals surface area contributed by atoms with Crippen molar-refractivity contribution in [2.24, 2.45) is 7.05 Å². The topological polar surface area (TPSA) is 354 Å². The van der Waals surface area contributed by atoms with Crippen LogP contribution in [0, 0.1) is 13.8 Å². The highest BCUT2D eigenvalue weighted by atomic mass is 32.2. The maximum absolute atomic E-state index is 13.7. The minimum atomic E-state index is -4.49. The van der Waals surface area contributed by atoms with Gasteiger partial charge in [-0.1, -0.05) is 26.8 Å². The van der Waals surface area contributed by atoms with Gasteiger partial charge in [0.15, 0.2) is 12.2 Å². The summed E-state index contributed by atoms with van der Waals surface area (Å²) in [4.78, 5) is 107. The average Bonchev–Trinajstić information content (AvgIpc) is 4.14. The van der Waals surface area contributed by atoms with Gasteiger partial charge in [-0.15, -0.1) is 0 Å². The fourth-order valence-electron chi connectivity index (χ4n) is 9.45. The lowest BCUT2D eigenvalue weighted by molar-refractivity contribution is -0.138. The molecule has 1 saturated heterocycles. The second-order valence-corrected chi connectivity index (χ2v) is 22.3. The van der Waals surface area contributed by atoms with Crippen LogP contribution >= 0.6 is 0 Å². The van der Waals surface area contributed by atoms with E-state index in [2.05, 4.69) is 63.3 Å². The number of carboxylic acid groups (broad SMARTS) is 1. The number of nitrogens with one attached hydrogen (secondary N) is 8. The third kappa shape index (κ3) is 21.0. The summed E-state index contributed by atoms with van der Waals surface area (Å²) in [7, 11) is -0.795. The number of aromatic nitrogens is 3. The highest BCUT2D eigenvalue weighted by Gasteiger charge is 2.30. The maximum Gasteiger partial charge on any atom is 0.323 e. The van der Waals surface area contributed by atoms with Gasteiger partial charge in [0.1, 0.15) is 29.4 Å². The number of ether oxygens (including phenoxy) is 1. The molecule has 4 aromatic rings. The number of likely N-dealkylation sites (N-methyl/N-ethyl adjacent to an activating group) is 2. The number of H-pyrrole nitrogens is 1. The minimum Gasteiger partial charge on any atom is -0.494 e. The Morgan fingerprint density at radius 3 is 2.06 bits per heavy atom. The Balaban J connectivity index is 1.02. The van der Waals surface area contributed by atoms with E-state index in [0.717, 1.165) is 38.3 Å². The van der Waals surface area contributed by atoms with E-state index >= 15 is 0 Å². The molecular weight excluding hydrogens is 1100 g/mol. The smallest absolute Gasteiger partial charge is 0.323 e.